The summed E-state index contributed by atoms with van der Waals surface area (Å²) in [4.78, 5) is 14.3. The monoisotopic (exact) mass is 267 g/mol. The van der Waals surface area contributed by atoms with Gasteiger partial charge in [0.25, 0.3) is 5.91 Å². The number of morpholine rings is 1. The highest BCUT2D eigenvalue weighted by atomic mass is 16.5. The first-order chi connectivity index (χ1) is 9.08. The van der Waals surface area contributed by atoms with E-state index in [-0.39, 0.29) is 17.6 Å². The van der Waals surface area contributed by atoms with Crippen LogP contribution < -0.4 is 11.1 Å². The standard InChI is InChI=1S/C12H21N5O2/c1-8(7-17-3-5-19-6-4-17)14-12(18)11-10(13)9(2)15-16-11/h8H,3-7,13H2,1-2H3,(H,14,18)(H,15,16). The summed E-state index contributed by atoms with van der Waals surface area (Å²) in [5, 5.41) is 9.54. The molecule has 2 rings (SSSR count). The van der Waals surface area contributed by atoms with Crippen molar-refractivity contribution < 1.29 is 9.53 Å². The second kappa shape index (κ2) is 6.03. The Morgan fingerprint density at radius 3 is 2.84 bits per heavy atom. The molecule has 1 fully saturated rings. The molecule has 0 aromatic carbocycles. The van der Waals surface area contributed by atoms with Crippen LogP contribution >= 0.6 is 0 Å². The number of ether oxygens (including phenoxy) is 1. The van der Waals surface area contributed by atoms with Crippen LogP contribution in [-0.2, 0) is 4.74 Å². The number of nitrogens with two attached hydrogens (primary N) is 1. The molecule has 1 saturated heterocycles. The summed E-state index contributed by atoms with van der Waals surface area (Å²) in [5.41, 5.74) is 7.18. The second-order valence-corrected chi connectivity index (χ2v) is 4.90. The van der Waals surface area contributed by atoms with E-state index in [0.717, 1.165) is 32.8 Å². The Bertz CT molecular complexity index is 439. The molecule has 2 heterocycles. The number of anilines is 1. The second-order valence-electron chi connectivity index (χ2n) is 4.90. The fourth-order valence-electron chi connectivity index (χ4n) is 2.12. The predicted molar refractivity (Wildman–Crippen MR) is 71.9 cm³/mol. The van der Waals surface area contributed by atoms with Gasteiger partial charge in [-0.25, -0.2) is 0 Å². The molecule has 0 aliphatic carbocycles. The minimum atomic E-state index is -0.234. The first-order valence-corrected chi connectivity index (χ1v) is 6.49. The van der Waals surface area contributed by atoms with Crippen LogP contribution in [-0.4, -0.2) is 59.9 Å². The van der Waals surface area contributed by atoms with Crippen molar-refractivity contribution in [2.45, 2.75) is 19.9 Å². The van der Waals surface area contributed by atoms with Gasteiger partial charge in [0.05, 0.1) is 24.6 Å². The average Bonchev–Trinajstić information content (AvgIpc) is 2.71. The van der Waals surface area contributed by atoms with Gasteiger partial charge in [-0.05, 0) is 13.8 Å². The fraction of sp³-hybridized carbons (Fsp3) is 0.667. The quantitative estimate of drug-likeness (QED) is 0.699. The third kappa shape index (κ3) is 3.45. The molecule has 19 heavy (non-hydrogen) atoms. The molecule has 1 unspecified atom stereocenters. The number of nitrogens with zero attached hydrogens (tertiary/aromatic N) is 2. The Morgan fingerprint density at radius 2 is 2.26 bits per heavy atom. The Kier molecular flexibility index (Phi) is 4.39. The van der Waals surface area contributed by atoms with Crippen molar-refractivity contribution in [3.8, 4) is 0 Å². The number of aromatic nitrogens is 2. The molecular formula is C12H21N5O2. The molecule has 7 nitrogen and oxygen atoms in total. The van der Waals surface area contributed by atoms with Gasteiger partial charge in [-0.1, -0.05) is 0 Å². The zero-order valence-corrected chi connectivity index (χ0v) is 11.4. The number of H-pyrrole nitrogens is 1. The van der Waals surface area contributed by atoms with Crippen LogP contribution in [0.15, 0.2) is 0 Å². The van der Waals surface area contributed by atoms with E-state index in [1.807, 2.05) is 6.92 Å². The maximum atomic E-state index is 12.0. The molecule has 4 N–H and O–H groups in total. The van der Waals surface area contributed by atoms with E-state index in [1.54, 1.807) is 6.92 Å². The van der Waals surface area contributed by atoms with Crippen LogP contribution in [0.25, 0.3) is 0 Å². The lowest BCUT2D eigenvalue weighted by Crippen LogP contribution is -2.46. The Balaban J connectivity index is 1.86. The van der Waals surface area contributed by atoms with Crippen molar-refractivity contribution in [1.29, 1.82) is 0 Å². The van der Waals surface area contributed by atoms with E-state index in [2.05, 4.69) is 20.4 Å². The van der Waals surface area contributed by atoms with Gasteiger partial charge in [0.2, 0.25) is 0 Å². The summed E-state index contributed by atoms with van der Waals surface area (Å²) in [7, 11) is 0. The van der Waals surface area contributed by atoms with E-state index < -0.39 is 0 Å². The summed E-state index contributed by atoms with van der Waals surface area (Å²) in [6.07, 6.45) is 0. The van der Waals surface area contributed by atoms with Gasteiger partial charge in [-0.2, -0.15) is 5.10 Å². The SMILES string of the molecule is Cc1[nH]nc(C(=O)NC(C)CN2CCOCC2)c1N. The largest absolute Gasteiger partial charge is 0.395 e. The Morgan fingerprint density at radius 1 is 1.58 bits per heavy atom. The molecular weight excluding hydrogens is 246 g/mol. The highest BCUT2D eigenvalue weighted by Crippen LogP contribution is 2.12. The molecule has 1 atom stereocenters. The predicted octanol–water partition coefficient (Wildman–Crippen LogP) is -0.249. The molecule has 1 aliphatic rings. The van der Waals surface area contributed by atoms with Crippen LogP contribution in [0.2, 0.25) is 0 Å². The van der Waals surface area contributed by atoms with Gasteiger partial charge < -0.3 is 15.8 Å². The topological polar surface area (TPSA) is 96.3 Å². The number of hydrogen-bond acceptors (Lipinski definition) is 5. The maximum absolute atomic E-state index is 12.0. The zero-order chi connectivity index (χ0) is 13.8. The molecule has 1 amide bonds. The van der Waals surface area contributed by atoms with Gasteiger partial charge in [0.1, 0.15) is 0 Å². The number of aryl methyl sites for hydroxylation is 1. The van der Waals surface area contributed by atoms with Crippen molar-refractivity contribution in [1.82, 2.24) is 20.4 Å². The number of amides is 1. The van der Waals surface area contributed by atoms with Gasteiger partial charge in [-0.15, -0.1) is 0 Å². The fourth-order valence-corrected chi connectivity index (χ4v) is 2.12. The number of hydrogen-bond donors (Lipinski definition) is 3. The van der Waals surface area contributed by atoms with Crippen molar-refractivity contribution in [2.75, 3.05) is 38.6 Å². The smallest absolute Gasteiger partial charge is 0.274 e. The maximum Gasteiger partial charge on any atom is 0.274 e. The number of nitrogen functional groups attached to an aromatic ring is 1. The summed E-state index contributed by atoms with van der Waals surface area (Å²) in [6, 6.07) is 0.0435. The van der Waals surface area contributed by atoms with Crippen LogP contribution in [0.4, 0.5) is 5.69 Å². The van der Waals surface area contributed by atoms with E-state index >= 15 is 0 Å². The average molecular weight is 267 g/mol. The first kappa shape index (κ1) is 13.8. The van der Waals surface area contributed by atoms with Crippen molar-refractivity contribution in [3.05, 3.63) is 11.4 Å². The Hall–Kier alpha value is -1.60. The van der Waals surface area contributed by atoms with Crippen molar-refractivity contribution in [2.24, 2.45) is 0 Å². The van der Waals surface area contributed by atoms with E-state index in [9.17, 15) is 4.79 Å². The summed E-state index contributed by atoms with van der Waals surface area (Å²) >= 11 is 0. The number of carbonyl (C=O) groups is 1. The lowest BCUT2D eigenvalue weighted by Gasteiger charge is -2.29. The highest BCUT2D eigenvalue weighted by molar-refractivity contribution is 5.97. The molecule has 0 radical (unpaired) electrons. The van der Waals surface area contributed by atoms with Crippen LogP contribution in [0.3, 0.4) is 0 Å². The lowest BCUT2D eigenvalue weighted by atomic mass is 10.2. The molecule has 7 heteroatoms. The first-order valence-electron chi connectivity index (χ1n) is 6.49. The van der Waals surface area contributed by atoms with Gasteiger partial charge >= 0.3 is 0 Å². The van der Waals surface area contributed by atoms with E-state index in [1.165, 1.54) is 0 Å². The lowest BCUT2D eigenvalue weighted by molar-refractivity contribution is 0.0342. The normalized spacial score (nSPS) is 18.2. The number of rotatable bonds is 4. The van der Waals surface area contributed by atoms with Gasteiger partial charge in [0.15, 0.2) is 5.69 Å². The third-order valence-electron chi connectivity index (χ3n) is 3.22. The summed E-state index contributed by atoms with van der Waals surface area (Å²) in [6.45, 7) is 7.89. The minimum Gasteiger partial charge on any atom is -0.395 e. The minimum absolute atomic E-state index is 0.0435. The zero-order valence-electron chi connectivity index (χ0n) is 11.4. The van der Waals surface area contributed by atoms with Gasteiger partial charge in [-0.3, -0.25) is 14.8 Å². The number of carbonyl (C=O) groups excluding carboxylic acids is 1. The molecule has 1 aliphatic heterocycles. The molecule has 1 aromatic rings. The third-order valence-corrected chi connectivity index (χ3v) is 3.22. The van der Waals surface area contributed by atoms with Gasteiger partial charge in [0, 0.05) is 25.7 Å². The highest BCUT2D eigenvalue weighted by Gasteiger charge is 2.19. The molecule has 1 aromatic heterocycles. The molecule has 0 bridgehead atoms. The van der Waals surface area contributed by atoms with Crippen LogP contribution in [0, 0.1) is 6.92 Å². The van der Waals surface area contributed by atoms with E-state index in [0.29, 0.717) is 11.4 Å². The number of nitrogens with one attached hydrogen (secondary N) is 2. The number of aromatic amines is 1. The van der Waals surface area contributed by atoms with Crippen molar-refractivity contribution in [3.63, 3.8) is 0 Å². The molecule has 106 valence electrons. The van der Waals surface area contributed by atoms with Crippen LogP contribution in [0.1, 0.15) is 23.1 Å². The molecule has 0 spiro atoms. The van der Waals surface area contributed by atoms with Crippen LogP contribution in [0.5, 0.6) is 0 Å². The summed E-state index contributed by atoms with van der Waals surface area (Å²) in [5.74, 6) is -0.234. The molecule has 0 saturated carbocycles. The summed E-state index contributed by atoms with van der Waals surface area (Å²) < 4.78 is 5.29. The van der Waals surface area contributed by atoms with E-state index in [4.69, 9.17) is 10.5 Å². The Labute approximate surface area is 112 Å². The van der Waals surface area contributed by atoms with Crippen molar-refractivity contribution >= 4 is 11.6 Å².